The lowest BCUT2D eigenvalue weighted by Crippen LogP contribution is -2.12. The SMILES string of the molecule is COc1c(C(N)=O)ccc2[nH]nc(C=Cc3cccc(F)c3)c12. The van der Waals surface area contributed by atoms with Crippen LogP contribution in [0.1, 0.15) is 21.6 Å². The highest BCUT2D eigenvalue weighted by Gasteiger charge is 2.16. The summed E-state index contributed by atoms with van der Waals surface area (Å²) < 4.78 is 18.6. The average Bonchev–Trinajstić information content (AvgIpc) is 2.95. The Bertz CT molecular complexity index is 915. The Kier molecular flexibility index (Phi) is 3.80. The fraction of sp³-hybridized carbons (Fsp3) is 0.0588. The van der Waals surface area contributed by atoms with Gasteiger partial charge in [-0.15, -0.1) is 0 Å². The van der Waals surface area contributed by atoms with Gasteiger partial charge in [-0.3, -0.25) is 9.89 Å². The zero-order valence-corrected chi connectivity index (χ0v) is 12.3. The van der Waals surface area contributed by atoms with E-state index in [2.05, 4.69) is 10.2 Å². The van der Waals surface area contributed by atoms with E-state index in [9.17, 15) is 9.18 Å². The van der Waals surface area contributed by atoms with Gasteiger partial charge in [0.05, 0.1) is 29.3 Å². The molecule has 0 aliphatic rings. The van der Waals surface area contributed by atoms with Gasteiger partial charge in [-0.25, -0.2) is 4.39 Å². The second kappa shape index (κ2) is 5.92. The Morgan fingerprint density at radius 2 is 2.13 bits per heavy atom. The van der Waals surface area contributed by atoms with E-state index in [4.69, 9.17) is 10.5 Å². The number of nitrogens with zero attached hydrogens (tertiary/aromatic N) is 1. The van der Waals surface area contributed by atoms with Crippen LogP contribution in [-0.4, -0.2) is 23.2 Å². The zero-order chi connectivity index (χ0) is 16.4. The van der Waals surface area contributed by atoms with Crippen LogP contribution in [-0.2, 0) is 0 Å². The van der Waals surface area contributed by atoms with Crippen LogP contribution in [0.3, 0.4) is 0 Å². The second-order valence-corrected chi connectivity index (χ2v) is 4.93. The molecule has 0 saturated carbocycles. The number of aromatic amines is 1. The first-order valence-corrected chi connectivity index (χ1v) is 6.88. The second-order valence-electron chi connectivity index (χ2n) is 4.93. The molecule has 23 heavy (non-hydrogen) atoms. The van der Waals surface area contributed by atoms with Crippen LogP contribution >= 0.6 is 0 Å². The number of nitrogens with two attached hydrogens (primary N) is 1. The number of nitrogens with one attached hydrogen (secondary N) is 1. The number of benzene rings is 2. The highest BCUT2D eigenvalue weighted by atomic mass is 19.1. The maximum absolute atomic E-state index is 13.2. The van der Waals surface area contributed by atoms with E-state index < -0.39 is 5.91 Å². The highest BCUT2D eigenvalue weighted by Crippen LogP contribution is 2.32. The molecule has 1 heterocycles. The minimum absolute atomic E-state index is 0.279. The number of hydrogen-bond donors (Lipinski definition) is 2. The maximum atomic E-state index is 13.2. The third-order valence-corrected chi connectivity index (χ3v) is 3.46. The average molecular weight is 311 g/mol. The van der Waals surface area contributed by atoms with Crippen molar-refractivity contribution in [3.8, 4) is 5.75 Å². The highest BCUT2D eigenvalue weighted by molar-refractivity contribution is 6.04. The number of carbonyl (C=O) groups is 1. The molecule has 2 aromatic carbocycles. The molecule has 0 aliphatic heterocycles. The van der Waals surface area contributed by atoms with E-state index in [1.54, 1.807) is 36.4 Å². The molecule has 0 unspecified atom stereocenters. The van der Waals surface area contributed by atoms with Crippen molar-refractivity contribution in [2.75, 3.05) is 7.11 Å². The molecule has 1 amide bonds. The van der Waals surface area contributed by atoms with Crippen molar-refractivity contribution in [1.82, 2.24) is 10.2 Å². The number of H-pyrrole nitrogens is 1. The van der Waals surface area contributed by atoms with Crippen LogP contribution in [0.2, 0.25) is 0 Å². The van der Waals surface area contributed by atoms with Crippen LogP contribution in [0.25, 0.3) is 23.1 Å². The number of primary amides is 1. The lowest BCUT2D eigenvalue weighted by Gasteiger charge is -2.07. The Labute approximate surface area is 131 Å². The van der Waals surface area contributed by atoms with Gasteiger partial charge in [-0.1, -0.05) is 18.2 Å². The number of hydrogen-bond acceptors (Lipinski definition) is 3. The molecule has 6 heteroatoms. The summed E-state index contributed by atoms with van der Waals surface area (Å²) in [5.41, 5.74) is 7.64. The minimum Gasteiger partial charge on any atom is -0.495 e. The number of fused-ring (bicyclic) bond motifs is 1. The van der Waals surface area contributed by atoms with Crippen molar-refractivity contribution in [3.05, 3.63) is 59.0 Å². The summed E-state index contributed by atoms with van der Waals surface area (Å²) in [5, 5.41) is 7.72. The van der Waals surface area contributed by atoms with Crippen molar-refractivity contribution in [3.63, 3.8) is 0 Å². The molecule has 0 radical (unpaired) electrons. The largest absolute Gasteiger partial charge is 0.495 e. The maximum Gasteiger partial charge on any atom is 0.252 e. The molecule has 0 saturated heterocycles. The van der Waals surface area contributed by atoms with Crippen molar-refractivity contribution in [2.45, 2.75) is 0 Å². The minimum atomic E-state index is -0.579. The summed E-state index contributed by atoms with van der Waals surface area (Å²) in [7, 11) is 1.47. The number of halogens is 1. The summed E-state index contributed by atoms with van der Waals surface area (Å²) in [5.74, 6) is -0.528. The molecule has 0 bridgehead atoms. The number of aromatic nitrogens is 2. The molecule has 0 atom stereocenters. The van der Waals surface area contributed by atoms with E-state index in [0.717, 1.165) is 0 Å². The Morgan fingerprint density at radius 1 is 1.30 bits per heavy atom. The Hall–Kier alpha value is -3.15. The number of rotatable bonds is 4. The predicted octanol–water partition coefficient (Wildman–Crippen LogP) is 2.98. The monoisotopic (exact) mass is 311 g/mol. The quantitative estimate of drug-likeness (QED) is 0.777. The lowest BCUT2D eigenvalue weighted by atomic mass is 10.1. The van der Waals surface area contributed by atoms with Gasteiger partial charge in [0, 0.05) is 0 Å². The number of amides is 1. The molecule has 3 aromatic rings. The fourth-order valence-corrected chi connectivity index (χ4v) is 2.42. The van der Waals surface area contributed by atoms with Crippen LogP contribution in [0.4, 0.5) is 4.39 Å². The van der Waals surface area contributed by atoms with Gasteiger partial charge in [0.25, 0.3) is 5.91 Å². The first kappa shape index (κ1) is 14.8. The summed E-state index contributed by atoms with van der Waals surface area (Å²) in [6.07, 6.45) is 3.45. The molecule has 0 aliphatic carbocycles. The topological polar surface area (TPSA) is 81.0 Å². The first-order chi connectivity index (χ1) is 11.1. The third-order valence-electron chi connectivity index (χ3n) is 3.46. The standard InChI is InChI=1S/C17H14FN3O2/c1-23-16-12(17(19)22)6-8-14-15(16)13(20-21-14)7-5-10-3-2-4-11(18)9-10/h2-9H,1H3,(H2,19,22)(H,20,21). The van der Waals surface area contributed by atoms with Gasteiger partial charge in [-0.2, -0.15) is 5.10 Å². The van der Waals surface area contributed by atoms with E-state index in [1.807, 2.05) is 0 Å². The van der Waals surface area contributed by atoms with Gasteiger partial charge < -0.3 is 10.5 Å². The first-order valence-electron chi connectivity index (χ1n) is 6.88. The zero-order valence-electron chi connectivity index (χ0n) is 12.3. The van der Waals surface area contributed by atoms with Crippen LogP contribution in [0.5, 0.6) is 5.75 Å². The number of carbonyl (C=O) groups excluding carboxylic acids is 1. The van der Waals surface area contributed by atoms with Crippen molar-refractivity contribution in [1.29, 1.82) is 0 Å². The van der Waals surface area contributed by atoms with E-state index >= 15 is 0 Å². The van der Waals surface area contributed by atoms with Gasteiger partial charge in [0.15, 0.2) is 0 Å². The molecule has 0 fully saturated rings. The van der Waals surface area contributed by atoms with Crippen LogP contribution in [0.15, 0.2) is 36.4 Å². The number of methoxy groups -OCH3 is 1. The Morgan fingerprint density at radius 3 is 2.83 bits per heavy atom. The molecule has 5 nitrogen and oxygen atoms in total. The van der Waals surface area contributed by atoms with Gasteiger partial charge in [0.1, 0.15) is 11.6 Å². The molecule has 1 aromatic heterocycles. The van der Waals surface area contributed by atoms with Crippen molar-refractivity contribution >= 4 is 29.0 Å². The summed E-state index contributed by atoms with van der Waals surface area (Å²) in [6.45, 7) is 0. The summed E-state index contributed by atoms with van der Waals surface area (Å²) in [6, 6.07) is 9.50. The molecule has 3 rings (SSSR count). The van der Waals surface area contributed by atoms with Gasteiger partial charge in [0.2, 0.25) is 0 Å². The Balaban J connectivity index is 2.11. The molecule has 3 N–H and O–H groups in total. The lowest BCUT2D eigenvalue weighted by molar-refractivity contribution is 0.0997. The van der Waals surface area contributed by atoms with E-state index in [1.165, 1.54) is 19.2 Å². The van der Waals surface area contributed by atoms with Crippen LogP contribution < -0.4 is 10.5 Å². The van der Waals surface area contributed by atoms with Crippen molar-refractivity contribution in [2.24, 2.45) is 5.73 Å². The van der Waals surface area contributed by atoms with Crippen LogP contribution in [0, 0.1) is 5.82 Å². The van der Waals surface area contributed by atoms with Crippen molar-refractivity contribution < 1.29 is 13.9 Å². The molecular formula is C17H14FN3O2. The third kappa shape index (κ3) is 2.78. The molecule has 116 valence electrons. The molecule has 0 spiro atoms. The van der Waals surface area contributed by atoms with Gasteiger partial charge in [-0.05, 0) is 35.9 Å². The fourth-order valence-electron chi connectivity index (χ4n) is 2.42. The molecular weight excluding hydrogens is 297 g/mol. The van der Waals surface area contributed by atoms with E-state index in [0.29, 0.717) is 27.9 Å². The van der Waals surface area contributed by atoms with Gasteiger partial charge >= 0.3 is 0 Å². The normalized spacial score (nSPS) is 11.2. The predicted molar refractivity (Wildman–Crippen MR) is 86.5 cm³/mol. The number of ether oxygens (including phenoxy) is 1. The van der Waals surface area contributed by atoms with E-state index in [-0.39, 0.29) is 11.4 Å². The summed E-state index contributed by atoms with van der Waals surface area (Å²) in [4.78, 5) is 11.5. The summed E-state index contributed by atoms with van der Waals surface area (Å²) >= 11 is 0. The smallest absolute Gasteiger partial charge is 0.252 e.